The first-order valence-electron chi connectivity index (χ1n) is 7.77. The fraction of sp³-hybridized carbons (Fsp3) is 0.588. The van der Waals surface area contributed by atoms with Gasteiger partial charge in [-0.15, -0.1) is 0 Å². The van der Waals surface area contributed by atoms with E-state index in [1.165, 1.54) is 18.4 Å². The van der Waals surface area contributed by atoms with Gasteiger partial charge in [-0.05, 0) is 50.8 Å². The standard InChI is InChI=1S/C17H26N2O/c1-18-12-6-11-17(20)19-16-10-5-9-15(16)13-14-7-3-2-4-8-14/h2-4,7-8,15-16,18H,5-6,9-13H2,1H3,(H,19,20). The van der Waals surface area contributed by atoms with Crippen molar-refractivity contribution in [3.8, 4) is 0 Å². The van der Waals surface area contributed by atoms with Crippen molar-refractivity contribution in [2.75, 3.05) is 13.6 Å². The summed E-state index contributed by atoms with van der Waals surface area (Å²) >= 11 is 0. The van der Waals surface area contributed by atoms with E-state index in [4.69, 9.17) is 0 Å². The van der Waals surface area contributed by atoms with E-state index in [-0.39, 0.29) is 5.91 Å². The summed E-state index contributed by atoms with van der Waals surface area (Å²) in [5.41, 5.74) is 1.38. The zero-order valence-corrected chi connectivity index (χ0v) is 12.4. The van der Waals surface area contributed by atoms with E-state index in [0.717, 1.165) is 25.8 Å². The molecule has 110 valence electrons. The summed E-state index contributed by atoms with van der Waals surface area (Å²) in [6.45, 7) is 0.908. The van der Waals surface area contributed by atoms with Gasteiger partial charge in [-0.3, -0.25) is 4.79 Å². The van der Waals surface area contributed by atoms with Gasteiger partial charge >= 0.3 is 0 Å². The Labute approximate surface area is 122 Å². The molecule has 0 saturated heterocycles. The topological polar surface area (TPSA) is 41.1 Å². The summed E-state index contributed by atoms with van der Waals surface area (Å²) in [5, 5.41) is 6.32. The van der Waals surface area contributed by atoms with Gasteiger partial charge in [-0.2, -0.15) is 0 Å². The monoisotopic (exact) mass is 274 g/mol. The Morgan fingerprint density at radius 3 is 2.80 bits per heavy atom. The van der Waals surface area contributed by atoms with Crippen LogP contribution in [0.3, 0.4) is 0 Å². The van der Waals surface area contributed by atoms with E-state index in [2.05, 4.69) is 41.0 Å². The molecule has 0 heterocycles. The molecule has 20 heavy (non-hydrogen) atoms. The van der Waals surface area contributed by atoms with E-state index in [0.29, 0.717) is 18.4 Å². The molecule has 0 spiro atoms. The molecule has 1 amide bonds. The van der Waals surface area contributed by atoms with Crippen LogP contribution in [-0.2, 0) is 11.2 Å². The molecule has 2 N–H and O–H groups in total. The molecular weight excluding hydrogens is 248 g/mol. The smallest absolute Gasteiger partial charge is 0.220 e. The second-order valence-electron chi connectivity index (χ2n) is 5.76. The molecule has 0 aliphatic heterocycles. The first kappa shape index (κ1) is 15.0. The lowest BCUT2D eigenvalue weighted by Crippen LogP contribution is -2.38. The maximum atomic E-state index is 11.9. The van der Waals surface area contributed by atoms with Crippen molar-refractivity contribution in [3.05, 3.63) is 35.9 Å². The molecule has 0 aromatic heterocycles. The number of hydrogen-bond acceptors (Lipinski definition) is 2. The van der Waals surface area contributed by atoms with Gasteiger partial charge in [-0.25, -0.2) is 0 Å². The molecule has 2 unspecified atom stereocenters. The quantitative estimate of drug-likeness (QED) is 0.750. The summed E-state index contributed by atoms with van der Waals surface area (Å²) in [4.78, 5) is 11.9. The number of hydrogen-bond donors (Lipinski definition) is 2. The summed E-state index contributed by atoms with van der Waals surface area (Å²) < 4.78 is 0. The van der Waals surface area contributed by atoms with Crippen molar-refractivity contribution < 1.29 is 4.79 Å². The first-order chi connectivity index (χ1) is 9.79. The number of rotatable bonds is 7. The minimum Gasteiger partial charge on any atom is -0.353 e. The van der Waals surface area contributed by atoms with Gasteiger partial charge in [0.1, 0.15) is 0 Å². The van der Waals surface area contributed by atoms with Crippen molar-refractivity contribution in [2.24, 2.45) is 5.92 Å². The van der Waals surface area contributed by atoms with Crippen LogP contribution in [0.15, 0.2) is 30.3 Å². The highest BCUT2D eigenvalue weighted by atomic mass is 16.1. The van der Waals surface area contributed by atoms with Gasteiger partial charge in [0.25, 0.3) is 0 Å². The van der Waals surface area contributed by atoms with Crippen LogP contribution in [0.5, 0.6) is 0 Å². The Hall–Kier alpha value is -1.35. The summed E-state index contributed by atoms with van der Waals surface area (Å²) in [7, 11) is 1.92. The summed E-state index contributed by atoms with van der Waals surface area (Å²) in [6.07, 6.45) is 6.24. The van der Waals surface area contributed by atoms with Crippen molar-refractivity contribution >= 4 is 5.91 Å². The zero-order valence-electron chi connectivity index (χ0n) is 12.4. The average molecular weight is 274 g/mol. The van der Waals surface area contributed by atoms with Gasteiger partial charge in [0.05, 0.1) is 0 Å². The molecule has 2 rings (SSSR count). The molecule has 0 bridgehead atoms. The lowest BCUT2D eigenvalue weighted by molar-refractivity contribution is -0.122. The Kier molecular flexibility index (Phi) is 6.06. The number of amides is 1. The van der Waals surface area contributed by atoms with Gasteiger partial charge in [-0.1, -0.05) is 36.8 Å². The minimum absolute atomic E-state index is 0.213. The Morgan fingerprint density at radius 2 is 2.05 bits per heavy atom. The van der Waals surface area contributed by atoms with Crippen LogP contribution in [-0.4, -0.2) is 25.5 Å². The largest absolute Gasteiger partial charge is 0.353 e. The molecule has 1 aromatic carbocycles. The van der Waals surface area contributed by atoms with Crippen molar-refractivity contribution in [1.29, 1.82) is 0 Å². The second kappa shape index (κ2) is 8.05. The zero-order chi connectivity index (χ0) is 14.2. The molecule has 0 radical (unpaired) electrons. The normalized spacial score (nSPS) is 21.9. The Bertz CT molecular complexity index is 405. The van der Waals surface area contributed by atoms with Crippen LogP contribution >= 0.6 is 0 Å². The minimum atomic E-state index is 0.213. The summed E-state index contributed by atoms with van der Waals surface area (Å²) in [5.74, 6) is 0.816. The maximum absolute atomic E-state index is 11.9. The molecule has 1 fully saturated rings. The predicted octanol–water partition coefficient (Wildman–Crippen LogP) is 2.51. The number of nitrogens with one attached hydrogen (secondary N) is 2. The van der Waals surface area contributed by atoms with E-state index < -0.39 is 0 Å². The molecule has 1 saturated carbocycles. The SMILES string of the molecule is CNCCCC(=O)NC1CCCC1Cc1ccccc1. The Morgan fingerprint density at radius 1 is 1.25 bits per heavy atom. The molecule has 1 aromatic rings. The van der Waals surface area contributed by atoms with Gasteiger partial charge in [0.15, 0.2) is 0 Å². The highest BCUT2D eigenvalue weighted by Gasteiger charge is 2.28. The fourth-order valence-electron chi connectivity index (χ4n) is 3.09. The van der Waals surface area contributed by atoms with Crippen LogP contribution < -0.4 is 10.6 Å². The maximum Gasteiger partial charge on any atom is 0.220 e. The van der Waals surface area contributed by atoms with E-state index in [1.807, 2.05) is 7.05 Å². The van der Waals surface area contributed by atoms with Crippen molar-refractivity contribution in [1.82, 2.24) is 10.6 Å². The van der Waals surface area contributed by atoms with E-state index in [1.54, 1.807) is 0 Å². The van der Waals surface area contributed by atoms with Crippen molar-refractivity contribution in [3.63, 3.8) is 0 Å². The lowest BCUT2D eigenvalue weighted by Gasteiger charge is -2.21. The predicted molar refractivity (Wildman–Crippen MR) is 82.6 cm³/mol. The van der Waals surface area contributed by atoms with Gasteiger partial charge in [0, 0.05) is 12.5 Å². The van der Waals surface area contributed by atoms with Crippen LogP contribution in [0.1, 0.15) is 37.7 Å². The molecule has 3 heteroatoms. The van der Waals surface area contributed by atoms with E-state index >= 15 is 0 Å². The first-order valence-corrected chi connectivity index (χ1v) is 7.77. The van der Waals surface area contributed by atoms with Gasteiger partial charge < -0.3 is 10.6 Å². The van der Waals surface area contributed by atoms with Crippen molar-refractivity contribution in [2.45, 2.75) is 44.6 Å². The fourth-order valence-corrected chi connectivity index (χ4v) is 3.09. The third-order valence-corrected chi connectivity index (χ3v) is 4.18. The molecular formula is C17H26N2O. The van der Waals surface area contributed by atoms with Gasteiger partial charge in [0.2, 0.25) is 5.91 Å². The molecule has 1 aliphatic rings. The highest BCUT2D eigenvalue weighted by Crippen LogP contribution is 2.28. The number of carbonyl (C=O) groups excluding carboxylic acids is 1. The average Bonchev–Trinajstić information content (AvgIpc) is 2.87. The summed E-state index contributed by atoms with van der Waals surface area (Å²) in [6, 6.07) is 11.0. The second-order valence-corrected chi connectivity index (χ2v) is 5.76. The lowest BCUT2D eigenvalue weighted by atomic mass is 9.94. The number of benzene rings is 1. The third kappa shape index (κ3) is 4.64. The number of carbonyl (C=O) groups is 1. The Balaban J connectivity index is 1.80. The van der Waals surface area contributed by atoms with Crippen LogP contribution in [0.4, 0.5) is 0 Å². The van der Waals surface area contributed by atoms with Crippen LogP contribution in [0, 0.1) is 5.92 Å². The van der Waals surface area contributed by atoms with Crippen LogP contribution in [0.2, 0.25) is 0 Å². The third-order valence-electron chi connectivity index (χ3n) is 4.18. The van der Waals surface area contributed by atoms with Crippen LogP contribution in [0.25, 0.3) is 0 Å². The highest BCUT2D eigenvalue weighted by molar-refractivity contribution is 5.76. The molecule has 2 atom stereocenters. The molecule has 3 nitrogen and oxygen atoms in total. The molecule has 1 aliphatic carbocycles. The van der Waals surface area contributed by atoms with E-state index in [9.17, 15) is 4.79 Å².